The van der Waals surface area contributed by atoms with Crippen LogP contribution in [0.15, 0.2) is 18.2 Å². The van der Waals surface area contributed by atoms with Crippen LogP contribution >= 0.6 is 0 Å². The molecule has 0 aliphatic carbocycles. The van der Waals surface area contributed by atoms with Crippen molar-refractivity contribution in [3.63, 3.8) is 0 Å². The number of ether oxygens (including phenoxy) is 2. The zero-order valence-electron chi connectivity index (χ0n) is 11.9. The first-order chi connectivity index (χ1) is 9.00. The van der Waals surface area contributed by atoms with Gasteiger partial charge < -0.3 is 20.5 Å². The zero-order valence-corrected chi connectivity index (χ0v) is 11.9. The molecule has 0 radical (unpaired) electrons. The number of carbonyl (C=O) groups is 1. The molecule has 1 aromatic carbocycles. The fourth-order valence-electron chi connectivity index (χ4n) is 1.59. The summed E-state index contributed by atoms with van der Waals surface area (Å²) in [6.45, 7) is 4.10. The lowest BCUT2D eigenvalue weighted by Crippen LogP contribution is -2.39. The Morgan fingerprint density at radius 1 is 1.32 bits per heavy atom. The Morgan fingerprint density at radius 3 is 2.42 bits per heavy atom. The van der Waals surface area contributed by atoms with Crippen LogP contribution in [0.5, 0.6) is 11.5 Å². The summed E-state index contributed by atoms with van der Waals surface area (Å²) < 4.78 is 10.3. The Morgan fingerprint density at radius 2 is 1.95 bits per heavy atom. The van der Waals surface area contributed by atoms with Gasteiger partial charge in [-0.1, -0.05) is 6.92 Å². The quantitative estimate of drug-likeness (QED) is 0.826. The molecule has 1 atom stereocenters. The van der Waals surface area contributed by atoms with Crippen LogP contribution in [0.2, 0.25) is 0 Å². The second kappa shape index (κ2) is 6.43. The van der Waals surface area contributed by atoms with Crippen molar-refractivity contribution in [3.05, 3.63) is 18.2 Å². The van der Waals surface area contributed by atoms with E-state index in [2.05, 4.69) is 5.32 Å². The van der Waals surface area contributed by atoms with E-state index in [1.165, 1.54) is 0 Å². The van der Waals surface area contributed by atoms with Crippen molar-refractivity contribution in [3.8, 4) is 11.5 Å². The van der Waals surface area contributed by atoms with Crippen LogP contribution in [0.25, 0.3) is 0 Å². The molecule has 1 amide bonds. The van der Waals surface area contributed by atoms with E-state index in [0.29, 0.717) is 30.2 Å². The van der Waals surface area contributed by atoms with E-state index in [9.17, 15) is 4.79 Å². The van der Waals surface area contributed by atoms with E-state index in [1.54, 1.807) is 32.4 Å². The van der Waals surface area contributed by atoms with Crippen LogP contribution in [0.3, 0.4) is 0 Å². The Bertz CT molecular complexity index is 442. The fraction of sp³-hybridized carbons (Fsp3) is 0.500. The zero-order chi connectivity index (χ0) is 14.5. The molecule has 5 heteroatoms. The Kier molecular flexibility index (Phi) is 5.18. The predicted molar refractivity (Wildman–Crippen MR) is 75.6 cm³/mol. The fourth-order valence-corrected chi connectivity index (χ4v) is 1.59. The standard InChI is InChI=1S/C14H22N2O3/c1-5-14(2,9-15)13(17)16-10-6-7-11(18-3)12(8-10)19-4/h6-8H,5,9,15H2,1-4H3,(H,16,17). The predicted octanol–water partition coefficient (Wildman–Crippen LogP) is 2.02. The van der Waals surface area contributed by atoms with E-state index < -0.39 is 5.41 Å². The summed E-state index contributed by atoms with van der Waals surface area (Å²) >= 11 is 0. The minimum absolute atomic E-state index is 0.0929. The second-order valence-corrected chi connectivity index (χ2v) is 4.64. The molecule has 1 aromatic rings. The van der Waals surface area contributed by atoms with Crippen molar-refractivity contribution >= 4 is 11.6 Å². The highest BCUT2D eigenvalue weighted by molar-refractivity contribution is 5.95. The molecule has 0 aromatic heterocycles. The van der Waals surface area contributed by atoms with Gasteiger partial charge in [-0.15, -0.1) is 0 Å². The summed E-state index contributed by atoms with van der Waals surface area (Å²) in [6.07, 6.45) is 0.683. The molecule has 0 aliphatic heterocycles. The van der Waals surface area contributed by atoms with Gasteiger partial charge in [-0.05, 0) is 25.5 Å². The van der Waals surface area contributed by atoms with Gasteiger partial charge >= 0.3 is 0 Å². The van der Waals surface area contributed by atoms with Crippen LogP contribution in [-0.2, 0) is 4.79 Å². The number of nitrogens with one attached hydrogen (secondary N) is 1. The number of rotatable bonds is 6. The average molecular weight is 266 g/mol. The van der Waals surface area contributed by atoms with E-state index >= 15 is 0 Å². The van der Waals surface area contributed by atoms with Crippen molar-refractivity contribution < 1.29 is 14.3 Å². The summed E-state index contributed by atoms with van der Waals surface area (Å²) in [6, 6.07) is 5.25. The van der Waals surface area contributed by atoms with Gasteiger partial charge in [0.15, 0.2) is 11.5 Å². The third-order valence-electron chi connectivity index (χ3n) is 3.42. The highest BCUT2D eigenvalue weighted by atomic mass is 16.5. The van der Waals surface area contributed by atoms with Gasteiger partial charge in [-0.25, -0.2) is 0 Å². The monoisotopic (exact) mass is 266 g/mol. The number of nitrogens with two attached hydrogens (primary N) is 1. The van der Waals surface area contributed by atoms with E-state index in [-0.39, 0.29) is 5.91 Å². The Labute approximate surface area is 114 Å². The molecule has 0 heterocycles. The van der Waals surface area contributed by atoms with Crippen LogP contribution in [0.4, 0.5) is 5.69 Å². The maximum Gasteiger partial charge on any atom is 0.231 e. The van der Waals surface area contributed by atoms with Gasteiger partial charge in [0, 0.05) is 18.3 Å². The van der Waals surface area contributed by atoms with Gasteiger partial charge in [0.25, 0.3) is 0 Å². The van der Waals surface area contributed by atoms with E-state index in [0.717, 1.165) is 0 Å². The smallest absolute Gasteiger partial charge is 0.231 e. The Hall–Kier alpha value is -1.75. The van der Waals surface area contributed by atoms with Gasteiger partial charge in [0.2, 0.25) is 5.91 Å². The maximum atomic E-state index is 12.2. The lowest BCUT2D eigenvalue weighted by molar-refractivity contribution is -0.124. The number of amides is 1. The molecule has 3 N–H and O–H groups in total. The molecular weight excluding hydrogens is 244 g/mol. The number of carbonyl (C=O) groups excluding carboxylic acids is 1. The largest absolute Gasteiger partial charge is 0.493 e. The minimum Gasteiger partial charge on any atom is -0.493 e. The van der Waals surface area contributed by atoms with Crippen molar-refractivity contribution in [2.75, 3.05) is 26.1 Å². The molecule has 0 bridgehead atoms. The molecule has 0 spiro atoms. The Balaban J connectivity index is 2.91. The van der Waals surface area contributed by atoms with Crippen LogP contribution in [0, 0.1) is 5.41 Å². The molecule has 0 aliphatic rings. The highest BCUT2D eigenvalue weighted by Gasteiger charge is 2.29. The lowest BCUT2D eigenvalue weighted by atomic mass is 9.86. The van der Waals surface area contributed by atoms with Gasteiger partial charge in [0.1, 0.15) is 0 Å². The van der Waals surface area contributed by atoms with Gasteiger partial charge in [-0.2, -0.15) is 0 Å². The molecule has 0 saturated carbocycles. The van der Waals surface area contributed by atoms with Gasteiger partial charge in [0.05, 0.1) is 19.6 Å². The molecule has 19 heavy (non-hydrogen) atoms. The second-order valence-electron chi connectivity index (χ2n) is 4.64. The van der Waals surface area contributed by atoms with Crippen molar-refractivity contribution in [1.82, 2.24) is 0 Å². The third-order valence-corrected chi connectivity index (χ3v) is 3.42. The highest BCUT2D eigenvalue weighted by Crippen LogP contribution is 2.30. The van der Waals surface area contributed by atoms with Crippen molar-refractivity contribution in [2.45, 2.75) is 20.3 Å². The molecule has 5 nitrogen and oxygen atoms in total. The number of benzene rings is 1. The molecule has 0 fully saturated rings. The van der Waals surface area contributed by atoms with Crippen molar-refractivity contribution in [2.24, 2.45) is 11.1 Å². The number of methoxy groups -OCH3 is 2. The van der Waals surface area contributed by atoms with Crippen LogP contribution < -0.4 is 20.5 Å². The first-order valence-corrected chi connectivity index (χ1v) is 6.24. The lowest BCUT2D eigenvalue weighted by Gasteiger charge is -2.25. The summed E-state index contributed by atoms with van der Waals surface area (Å²) in [5, 5.41) is 2.86. The molecule has 1 rings (SSSR count). The normalized spacial score (nSPS) is 13.5. The topological polar surface area (TPSA) is 73.6 Å². The molecule has 1 unspecified atom stereocenters. The SMILES string of the molecule is CCC(C)(CN)C(=O)Nc1ccc(OC)c(OC)c1. The average Bonchev–Trinajstić information content (AvgIpc) is 2.45. The van der Waals surface area contributed by atoms with Gasteiger partial charge in [-0.3, -0.25) is 4.79 Å². The summed E-state index contributed by atoms with van der Waals surface area (Å²) in [5.74, 6) is 1.11. The van der Waals surface area contributed by atoms with E-state index in [1.807, 2.05) is 13.8 Å². The van der Waals surface area contributed by atoms with Crippen LogP contribution in [0.1, 0.15) is 20.3 Å². The summed E-state index contributed by atoms with van der Waals surface area (Å²) in [7, 11) is 3.12. The summed E-state index contributed by atoms with van der Waals surface area (Å²) in [4.78, 5) is 12.2. The molecule has 0 saturated heterocycles. The first-order valence-electron chi connectivity index (χ1n) is 6.24. The number of hydrogen-bond donors (Lipinski definition) is 2. The van der Waals surface area contributed by atoms with E-state index in [4.69, 9.17) is 15.2 Å². The molecule has 106 valence electrons. The molecular formula is C14H22N2O3. The maximum absolute atomic E-state index is 12.2. The number of anilines is 1. The third kappa shape index (κ3) is 3.38. The number of hydrogen-bond acceptors (Lipinski definition) is 4. The summed E-state index contributed by atoms with van der Waals surface area (Å²) in [5.41, 5.74) is 5.77. The van der Waals surface area contributed by atoms with Crippen molar-refractivity contribution in [1.29, 1.82) is 0 Å². The minimum atomic E-state index is -0.562. The van der Waals surface area contributed by atoms with Crippen LogP contribution in [-0.4, -0.2) is 26.7 Å². The first kappa shape index (κ1) is 15.3.